The molecule has 2 rings (SSSR count). The highest BCUT2D eigenvalue weighted by Gasteiger charge is 2.41. The quantitative estimate of drug-likeness (QED) is 0.589. The van der Waals surface area contributed by atoms with Crippen LogP contribution in [0.1, 0.15) is 38.1 Å². The zero-order valence-electron chi connectivity index (χ0n) is 10.9. The average molecular weight is 304 g/mol. The van der Waals surface area contributed by atoms with Crippen molar-refractivity contribution in [2.45, 2.75) is 33.2 Å². The van der Waals surface area contributed by atoms with Gasteiger partial charge in [0.2, 0.25) is 5.28 Å². The highest BCUT2D eigenvalue weighted by molar-refractivity contribution is 6.32. The molecule has 1 aliphatic heterocycles. The van der Waals surface area contributed by atoms with Crippen molar-refractivity contribution in [3.8, 4) is 0 Å². The van der Waals surface area contributed by atoms with Crippen molar-refractivity contribution in [2.75, 3.05) is 6.54 Å². The first-order chi connectivity index (χ1) is 8.71. The van der Waals surface area contributed by atoms with Gasteiger partial charge >= 0.3 is 6.09 Å². The van der Waals surface area contributed by atoms with Gasteiger partial charge in [-0.1, -0.05) is 32.4 Å². The van der Waals surface area contributed by atoms with E-state index in [-0.39, 0.29) is 21.9 Å². The van der Waals surface area contributed by atoms with Crippen molar-refractivity contribution in [3.63, 3.8) is 0 Å². The van der Waals surface area contributed by atoms with E-state index in [2.05, 4.69) is 9.97 Å². The fraction of sp³-hybridized carbons (Fsp3) is 0.583. The fourth-order valence-electron chi connectivity index (χ4n) is 2.54. The van der Waals surface area contributed by atoms with Crippen LogP contribution in [0.15, 0.2) is 0 Å². The molecule has 5 nitrogen and oxygen atoms in total. The molecule has 104 valence electrons. The van der Waals surface area contributed by atoms with Crippen molar-refractivity contribution in [2.24, 2.45) is 5.41 Å². The summed E-state index contributed by atoms with van der Waals surface area (Å²) in [7, 11) is 0. The van der Waals surface area contributed by atoms with Gasteiger partial charge in [-0.05, 0) is 17.0 Å². The van der Waals surface area contributed by atoms with Crippen LogP contribution in [-0.2, 0) is 6.42 Å². The standard InChI is InChI=1S/C12H15Cl2N3O2/c1-12(2,3)8-7-6(4-5-17(8)11(18)19)15-10(14)16-9(7)13/h8H,4-5H2,1-3H3,(H,18,19). The largest absolute Gasteiger partial charge is 0.465 e. The number of aromatic nitrogens is 2. The van der Waals surface area contributed by atoms with Crippen molar-refractivity contribution >= 4 is 29.3 Å². The molecule has 0 spiro atoms. The summed E-state index contributed by atoms with van der Waals surface area (Å²) in [6.07, 6.45) is -0.465. The Hall–Kier alpha value is -1.07. The Balaban J connectivity index is 2.62. The van der Waals surface area contributed by atoms with E-state index >= 15 is 0 Å². The second-order valence-corrected chi connectivity index (χ2v) is 6.33. The Bertz CT molecular complexity index is 528. The third-order valence-corrected chi connectivity index (χ3v) is 3.65. The first kappa shape index (κ1) is 14.3. The first-order valence-corrected chi connectivity index (χ1v) is 6.68. The molecule has 0 saturated heterocycles. The topological polar surface area (TPSA) is 66.3 Å². The molecular weight excluding hydrogens is 289 g/mol. The maximum Gasteiger partial charge on any atom is 0.407 e. The van der Waals surface area contributed by atoms with E-state index in [0.717, 1.165) is 5.69 Å². The minimum atomic E-state index is -0.961. The van der Waals surface area contributed by atoms with Crippen molar-refractivity contribution in [1.82, 2.24) is 14.9 Å². The summed E-state index contributed by atoms with van der Waals surface area (Å²) in [6, 6.07) is -0.376. The van der Waals surface area contributed by atoms with Gasteiger partial charge in [-0.25, -0.2) is 14.8 Å². The second-order valence-electron chi connectivity index (χ2n) is 5.64. The molecule has 7 heteroatoms. The van der Waals surface area contributed by atoms with Crippen LogP contribution >= 0.6 is 23.2 Å². The molecule has 1 amide bonds. The van der Waals surface area contributed by atoms with Gasteiger partial charge in [0.05, 0.1) is 11.7 Å². The fourth-order valence-corrected chi connectivity index (χ4v) is 3.06. The van der Waals surface area contributed by atoms with Gasteiger partial charge in [-0.15, -0.1) is 0 Å². The van der Waals surface area contributed by atoms with Gasteiger partial charge in [0.15, 0.2) is 0 Å². The van der Waals surface area contributed by atoms with E-state index < -0.39 is 6.09 Å². The molecule has 0 aliphatic carbocycles. The molecule has 1 aromatic heterocycles. The molecule has 1 aliphatic rings. The Morgan fingerprint density at radius 2 is 2.00 bits per heavy atom. The number of carboxylic acid groups (broad SMARTS) is 1. The zero-order valence-corrected chi connectivity index (χ0v) is 12.5. The summed E-state index contributed by atoms with van der Waals surface area (Å²) < 4.78 is 0. The third-order valence-electron chi connectivity index (χ3n) is 3.19. The van der Waals surface area contributed by atoms with Crippen LogP contribution in [0, 0.1) is 5.41 Å². The predicted molar refractivity (Wildman–Crippen MR) is 72.7 cm³/mol. The molecule has 1 atom stereocenters. The molecule has 0 radical (unpaired) electrons. The van der Waals surface area contributed by atoms with E-state index in [4.69, 9.17) is 23.2 Å². The molecule has 2 heterocycles. The maximum atomic E-state index is 11.4. The number of nitrogens with zero attached hydrogens (tertiary/aromatic N) is 3. The Morgan fingerprint density at radius 1 is 1.37 bits per heavy atom. The van der Waals surface area contributed by atoms with Gasteiger partial charge in [-0.3, -0.25) is 0 Å². The minimum Gasteiger partial charge on any atom is -0.465 e. The van der Waals surface area contributed by atoms with Crippen molar-refractivity contribution in [1.29, 1.82) is 0 Å². The van der Waals surface area contributed by atoms with Gasteiger partial charge in [-0.2, -0.15) is 0 Å². The molecule has 1 unspecified atom stereocenters. The lowest BCUT2D eigenvalue weighted by molar-refractivity contribution is 0.0750. The molecular formula is C12H15Cl2N3O2. The smallest absolute Gasteiger partial charge is 0.407 e. The van der Waals surface area contributed by atoms with Crippen molar-refractivity contribution < 1.29 is 9.90 Å². The number of fused-ring (bicyclic) bond motifs is 1. The molecule has 0 aromatic carbocycles. The summed E-state index contributed by atoms with van der Waals surface area (Å²) in [6.45, 7) is 6.28. The number of halogens is 2. The first-order valence-electron chi connectivity index (χ1n) is 5.93. The van der Waals surface area contributed by atoms with Crippen LogP contribution in [0.5, 0.6) is 0 Å². The van der Waals surface area contributed by atoms with E-state index in [9.17, 15) is 9.90 Å². The molecule has 0 fully saturated rings. The van der Waals surface area contributed by atoms with Crippen LogP contribution in [0.3, 0.4) is 0 Å². The van der Waals surface area contributed by atoms with E-state index in [1.54, 1.807) is 0 Å². The summed E-state index contributed by atoms with van der Waals surface area (Å²) >= 11 is 12.0. The lowest BCUT2D eigenvalue weighted by Crippen LogP contribution is -2.45. The summed E-state index contributed by atoms with van der Waals surface area (Å²) in [5, 5.41) is 9.69. The van der Waals surface area contributed by atoms with Gasteiger partial charge in [0.1, 0.15) is 5.15 Å². The maximum absolute atomic E-state index is 11.4. The summed E-state index contributed by atoms with van der Waals surface area (Å²) in [5.74, 6) is 0. The average Bonchev–Trinajstić information content (AvgIpc) is 2.25. The molecule has 0 saturated carbocycles. The van der Waals surface area contributed by atoms with Gasteiger partial charge < -0.3 is 10.0 Å². The van der Waals surface area contributed by atoms with Gasteiger partial charge in [0.25, 0.3) is 0 Å². The van der Waals surface area contributed by atoms with Crippen LogP contribution in [0.4, 0.5) is 4.79 Å². The number of hydrogen-bond acceptors (Lipinski definition) is 3. The lowest BCUT2D eigenvalue weighted by Gasteiger charge is -2.42. The normalized spacial score (nSPS) is 19.2. The van der Waals surface area contributed by atoms with Crippen LogP contribution in [-0.4, -0.2) is 32.6 Å². The summed E-state index contributed by atoms with van der Waals surface area (Å²) in [5.41, 5.74) is 1.10. The van der Waals surface area contributed by atoms with E-state index in [1.807, 2.05) is 20.8 Å². The van der Waals surface area contributed by atoms with Gasteiger partial charge in [0, 0.05) is 18.5 Å². The van der Waals surface area contributed by atoms with E-state index in [1.165, 1.54) is 4.90 Å². The number of amides is 1. The molecule has 19 heavy (non-hydrogen) atoms. The molecule has 0 bridgehead atoms. The Labute approximate surface area is 121 Å². The highest BCUT2D eigenvalue weighted by Crippen LogP contribution is 2.44. The van der Waals surface area contributed by atoms with Crippen LogP contribution < -0.4 is 0 Å². The number of hydrogen-bond donors (Lipinski definition) is 1. The SMILES string of the molecule is CC(C)(C)C1c2c(Cl)nc(Cl)nc2CCN1C(=O)O. The van der Waals surface area contributed by atoms with E-state index in [0.29, 0.717) is 18.5 Å². The molecule has 1 N–H and O–H groups in total. The van der Waals surface area contributed by atoms with Crippen LogP contribution in [0.25, 0.3) is 0 Å². The third kappa shape index (κ3) is 2.62. The minimum absolute atomic E-state index is 0.0974. The summed E-state index contributed by atoms with van der Waals surface area (Å²) in [4.78, 5) is 20.9. The number of rotatable bonds is 0. The Morgan fingerprint density at radius 3 is 2.53 bits per heavy atom. The molecule has 1 aromatic rings. The second kappa shape index (κ2) is 4.80. The monoisotopic (exact) mass is 303 g/mol. The lowest BCUT2D eigenvalue weighted by atomic mass is 9.79. The predicted octanol–water partition coefficient (Wildman–Crippen LogP) is 3.41. The van der Waals surface area contributed by atoms with Crippen LogP contribution in [0.2, 0.25) is 10.4 Å². The Kier molecular flexibility index (Phi) is 3.62. The number of carbonyl (C=O) groups is 1. The zero-order chi connectivity index (χ0) is 14.4. The highest BCUT2D eigenvalue weighted by atomic mass is 35.5. The van der Waals surface area contributed by atoms with Crippen molar-refractivity contribution in [3.05, 3.63) is 21.7 Å².